The number of hydrogen-bond donors (Lipinski definition) is 1. The van der Waals surface area contributed by atoms with E-state index in [4.69, 9.17) is 0 Å². The maximum atomic E-state index is 13.2. The molecule has 2 aromatic carbocycles. The molecule has 1 aliphatic rings. The van der Waals surface area contributed by atoms with Crippen molar-refractivity contribution in [3.8, 4) is 0 Å². The highest BCUT2D eigenvalue weighted by molar-refractivity contribution is 5.97. The largest absolute Gasteiger partial charge is 0.359 e. The fourth-order valence-corrected chi connectivity index (χ4v) is 3.99. The number of anilines is 1. The van der Waals surface area contributed by atoms with Crippen LogP contribution >= 0.6 is 0 Å². The van der Waals surface area contributed by atoms with Crippen LogP contribution in [0.15, 0.2) is 41.0 Å². The number of carbonyl (C=O) groups excluding carboxylic acids is 2. The van der Waals surface area contributed by atoms with E-state index < -0.39 is 0 Å². The number of amides is 2. The Bertz CT molecular complexity index is 1130. The van der Waals surface area contributed by atoms with Crippen LogP contribution in [-0.2, 0) is 4.79 Å². The van der Waals surface area contributed by atoms with Gasteiger partial charge in [0.15, 0.2) is 0 Å². The topological polar surface area (TPSA) is 102 Å². The second-order valence-corrected chi connectivity index (χ2v) is 7.94. The molecule has 1 aliphatic heterocycles. The molecule has 0 radical (unpaired) electrons. The first-order valence-corrected chi connectivity index (χ1v) is 10.3. The molecule has 0 spiro atoms. The van der Waals surface area contributed by atoms with E-state index in [1.807, 2.05) is 0 Å². The van der Waals surface area contributed by atoms with Crippen LogP contribution in [-0.4, -0.2) is 35.0 Å². The van der Waals surface area contributed by atoms with Gasteiger partial charge in [0.05, 0.1) is 0 Å². The van der Waals surface area contributed by atoms with Crippen molar-refractivity contribution in [1.82, 2.24) is 10.1 Å². The zero-order chi connectivity index (χ0) is 22.0. The molecule has 1 atom stereocenters. The summed E-state index contributed by atoms with van der Waals surface area (Å²) in [5.41, 5.74) is 2.34. The van der Waals surface area contributed by atoms with Gasteiger partial charge in [-0.3, -0.25) is 14.2 Å². The van der Waals surface area contributed by atoms with Crippen LogP contribution in [0.3, 0.4) is 0 Å². The number of halogens is 1. The third-order valence-corrected chi connectivity index (χ3v) is 5.68. The van der Waals surface area contributed by atoms with Crippen LogP contribution in [0, 0.1) is 23.9 Å². The average Bonchev–Trinajstić information content (AvgIpc) is 3.14. The lowest BCUT2D eigenvalue weighted by molar-refractivity contribution is -0.782. The highest BCUT2D eigenvalue weighted by Crippen LogP contribution is 2.24. The van der Waals surface area contributed by atoms with Crippen molar-refractivity contribution in [2.45, 2.75) is 32.6 Å². The summed E-state index contributed by atoms with van der Waals surface area (Å²) in [6.45, 7) is 2.96. The Balaban J connectivity index is 1.33. The van der Waals surface area contributed by atoms with Crippen LogP contribution in [0.4, 0.5) is 10.1 Å². The summed E-state index contributed by atoms with van der Waals surface area (Å²) in [6, 6.07) is 8.93. The van der Waals surface area contributed by atoms with Gasteiger partial charge in [-0.15, -0.1) is 0 Å². The molecular formula is C22H23FN4O4. The average molecular weight is 426 g/mol. The Labute approximate surface area is 178 Å². The molecule has 0 unspecified atom stereocenters. The molecule has 31 heavy (non-hydrogen) atoms. The molecule has 1 fully saturated rings. The molecular weight excluding hydrogens is 403 g/mol. The molecule has 4 rings (SSSR count). The summed E-state index contributed by atoms with van der Waals surface area (Å²) in [5, 5.41) is 17.9. The van der Waals surface area contributed by atoms with Crippen molar-refractivity contribution < 1.29 is 23.5 Å². The zero-order valence-electron chi connectivity index (χ0n) is 17.1. The van der Waals surface area contributed by atoms with Crippen LogP contribution in [0.1, 0.15) is 41.6 Å². The number of rotatable bonds is 5. The number of likely N-dealkylation sites (tertiary alicyclic amines) is 1. The minimum absolute atomic E-state index is 0.124. The minimum Gasteiger partial charge on any atom is -0.359 e. The van der Waals surface area contributed by atoms with Crippen LogP contribution in [0.2, 0.25) is 0 Å². The minimum atomic E-state index is -0.336. The van der Waals surface area contributed by atoms with Crippen molar-refractivity contribution in [2.24, 2.45) is 5.92 Å². The fraction of sp³-hybridized carbons (Fsp3) is 0.364. The molecule has 8 nitrogen and oxygen atoms in total. The number of aryl methyl sites for hydroxylation is 1. The molecule has 0 bridgehead atoms. The maximum absolute atomic E-state index is 13.2. The van der Waals surface area contributed by atoms with E-state index in [0.29, 0.717) is 53.2 Å². The third kappa shape index (κ3) is 4.65. The lowest BCUT2D eigenvalue weighted by Gasteiger charge is -2.32. The predicted molar refractivity (Wildman–Crippen MR) is 111 cm³/mol. The number of fused-ring (bicyclic) bond motifs is 1. The Morgan fingerprint density at radius 1 is 1.32 bits per heavy atom. The van der Waals surface area contributed by atoms with Gasteiger partial charge in [0.2, 0.25) is 16.9 Å². The van der Waals surface area contributed by atoms with Crippen molar-refractivity contribution >= 4 is 28.5 Å². The van der Waals surface area contributed by atoms with E-state index in [-0.39, 0.29) is 29.1 Å². The fourth-order valence-electron chi connectivity index (χ4n) is 3.99. The lowest BCUT2D eigenvalue weighted by atomic mass is 9.92. The van der Waals surface area contributed by atoms with E-state index in [2.05, 4.69) is 15.1 Å². The van der Waals surface area contributed by atoms with Gasteiger partial charge in [0, 0.05) is 42.0 Å². The van der Waals surface area contributed by atoms with Crippen LogP contribution < -0.4 is 10.2 Å². The smallest absolute Gasteiger partial charge is 0.254 e. The van der Waals surface area contributed by atoms with E-state index in [1.54, 1.807) is 30.0 Å². The first-order valence-electron chi connectivity index (χ1n) is 10.3. The summed E-state index contributed by atoms with van der Waals surface area (Å²) >= 11 is 0. The summed E-state index contributed by atoms with van der Waals surface area (Å²) in [4.78, 5) is 27.3. The molecule has 1 aromatic heterocycles. The Hall–Kier alpha value is -3.49. The molecule has 162 valence electrons. The van der Waals surface area contributed by atoms with Crippen molar-refractivity contribution in [3.05, 3.63) is 58.5 Å². The molecule has 1 N–H and O–H groups in total. The van der Waals surface area contributed by atoms with Gasteiger partial charge in [-0.05, 0) is 72.9 Å². The second-order valence-electron chi connectivity index (χ2n) is 7.94. The third-order valence-electron chi connectivity index (χ3n) is 5.68. The van der Waals surface area contributed by atoms with E-state index >= 15 is 0 Å². The molecule has 2 heterocycles. The van der Waals surface area contributed by atoms with Gasteiger partial charge in [-0.1, -0.05) is 0 Å². The van der Waals surface area contributed by atoms with Gasteiger partial charge in [0.25, 0.3) is 5.91 Å². The highest BCUT2D eigenvalue weighted by Gasteiger charge is 2.26. The number of hydrogen-bond acceptors (Lipinski definition) is 5. The van der Waals surface area contributed by atoms with Gasteiger partial charge >= 0.3 is 0 Å². The molecule has 2 amide bonds. The van der Waals surface area contributed by atoms with Gasteiger partial charge in [-0.2, -0.15) is 0 Å². The number of benzene rings is 2. The van der Waals surface area contributed by atoms with E-state index in [0.717, 1.165) is 12.8 Å². The molecule has 3 aromatic rings. The maximum Gasteiger partial charge on any atom is 0.254 e. The van der Waals surface area contributed by atoms with Gasteiger partial charge in [-0.25, -0.2) is 4.39 Å². The number of nitrogens with one attached hydrogen (secondary N) is 1. The molecule has 9 heteroatoms. The van der Waals surface area contributed by atoms with E-state index in [1.165, 1.54) is 18.2 Å². The first kappa shape index (κ1) is 20.8. The molecule has 0 aliphatic carbocycles. The summed E-state index contributed by atoms with van der Waals surface area (Å²) in [6.07, 6.45) is 2.80. The van der Waals surface area contributed by atoms with E-state index in [9.17, 15) is 19.2 Å². The highest BCUT2D eigenvalue weighted by atomic mass is 19.1. The predicted octanol–water partition coefficient (Wildman–Crippen LogP) is 3.18. The molecule has 0 saturated carbocycles. The molecule has 1 saturated heterocycles. The zero-order valence-corrected chi connectivity index (χ0v) is 17.1. The van der Waals surface area contributed by atoms with Crippen molar-refractivity contribution in [2.75, 3.05) is 18.4 Å². The van der Waals surface area contributed by atoms with Crippen LogP contribution in [0.25, 0.3) is 11.0 Å². The lowest BCUT2D eigenvalue weighted by Crippen LogP contribution is -2.40. The van der Waals surface area contributed by atoms with Gasteiger partial charge < -0.3 is 15.4 Å². The Morgan fingerprint density at radius 3 is 2.97 bits per heavy atom. The number of nitrogens with zero attached hydrogens (tertiary/aromatic N) is 3. The first-order chi connectivity index (χ1) is 14.9. The summed E-state index contributed by atoms with van der Waals surface area (Å²) in [5.74, 6) is -0.367. The number of aromatic nitrogens is 2. The Kier molecular flexibility index (Phi) is 5.83. The SMILES string of the molecule is Cc1cc(F)ccc1NC(=O)CC[C@H]1CCCN(C(=O)c2ccc3c(c2)no[n+]3[O-])C1. The quantitative estimate of drug-likeness (QED) is 0.632. The van der Waals surface area contributed by atoms with Gasteiger partial charge in [0.1, 0.15) is 5.82 Å². The normalized spacial score (nSPS) is 16.5. The number of piperidine rings is 1. The monoisotopic (exact) mass is 426 g/mol. The Morgan fingerprint density at radius 2 is 2.16 bits per heavy atom. The summed E-state index contributed by atoms with van der Waals surface area (Å²) < 4.78 is 17.8. The second kappa shape index (κ2) is 8.71. The van der Waals surface area contributed by atoms with Crippen LogP contribution in [0.5, 0.6) is 0 Å². The number of carbonyl (C=O) groups is 2. The summed E-state index contributed by atoms with van der Waals surface area (Å²) in [7, 11) is 0. The van der Waals surface area contributed by atoms with Crippen molar-refractivity contribution in [1.29, 1.82) is 0 Å². The standard InChI is InChI=1S/C22H23FN4O4/c1-14-11-17(23)6-7-18(14)24-21(28)9-4-15-3-2-10-26(13-15)22(29)16-5-8-20-19(12-16)25-31-27(20)30/h5-8,11-12,15H,2-4,9-10,13H2,1H3,(H,24,28)/t15-/m1/s1. The van der Waals surface area contributed by atoms with Crippen molar-refractivity contribution in [3.63, 3.8) is 0 Å².